The van der Waals surface area contributed by atoms with Crippen LogP contribution in [0.3, 0.4) is 0 Å². The SMILES string of the molecule is COc1cc(N2CCOCC2)ccc1-c1n[nH]nc1C(N)=O. The molecule has 0 bridgehead atoms. The van der Waals surface area contributed by atoms with Gasteiger partial charge in [0.15, 0.2) is 5.69 Å². The Morgan fingerprint density at radius 2 is 2.14 bits per heavy atom. The normalized spacial score (nSPS) is 14.9. The molecule has 0 spiro atoms. The van der Waals surface area contributed by atoms with E-state index in [0.29, 0.717) is 30.2 Å². The average molecular weight is 303 g/mol. The van der Waals surface area contributed by atoms with Crippen LogP contribution in [0.2, 0.25) is 0 Å². The molecular weight excluding hydrogens is 286 g/mol. The summed E-state index contributed by atoms with van der Waals surface area (Å²) in [5, 5.41) is 10.2. The number of nitrogens with zero attached hydrogens (tertiary/aromatic N) is 3. The summed E-state index contributed by atoms with van der Waals surface area (Å²) >= 11 is 0. The van der Waals surface area contributed by atoms with Gasteiger partial charge < -0.3 is 20.1 Å². The molecule has 1 aliphatic rings. The molecule has 3 N–H and O–H groups in total. The summed E-state index contributed by atoms with van der Waals surface area (Å²) in [6.45, 7) is 3.08. The average Bonchev–Trinajstić information content (AvgIpc) is 3.04. The van der Waals surface area contributed by atoms with Crippen molar-refractivity contribution in [1.29, 1.82) is 0 Å². The molecule has 1 amide bonds. The summed E-state index contributed by atoms with van der Waals surface area (Å²) in [5.41, 5.74) is 7.50. The van der Waals surface area contributed by atoms with E-state index >= 15 is 0 Å². The Kier molecular flexibility index (Phi) is 3.92. The number of morpholine rings is 1. The second-order valence-electron chi connectivity index (χ2n) is 4.87. The van der Waals surface area contributed by atoms with E-state index in [0.717, 1.165) is 18.8 Å². The number of aromatic nitrogens is 3. The minimum Gasteiger partial charge on any atom is -0.496 e. The number of amides is 1. The van der Waals surface area contributed by atoms with Crippen molar-refractivity contribution in [3.8, 4) is 17.0 Å². The highest BCUT2D eigenvalue weighted by Gasteiger charge is 2.20. The predicted octanol–water partition coefficient (Wildman–Crippen LogP) is 0.416. The highest BCUT2D eigenvalue weighted by molar-refractivity contribution is 5.97. The summed E-state index contributed by atoms with van der Waals surface area (Å²) < 4.78 is 10.8. The third kappa shape index (κ3) is 2.60. The summed E-state index contributed by atoms with van der Waals surface area (Å²) in [6, 6.07) is 5.73. The maximum absolute atomic E-state index is 11.4. The maximum Gasteiger partial charge on any atom is 0.271 e. The van der Waals surface area contributed by atoms with Gasteiger partial charge in [-0.3, -0.25) is 4.79 Å². The zero-order valence-corrected chi connectivity index (χ0v) is 12.2. The number of ether oxygens (including phenoxy) is 2. The van der Waals surface area contributed by atoms with Gasteiger partial charge in [-0.1, -0.05) is 0 Å². The van der Waals surface area contributed by atoms with Crippen molar-refractivity contribution >= 4 is 11.6 Å². The molecule has 0 radical (unpaired) electrons. The van der Waals surface area contributed by atoms with Gasteiger partial charge in [-0.25, -0.2) is 0 Å². The number of nitrogens with one attached hydrogen (secondary N) is 1. The van der Waals surface area contributed by atoms with Gasteiger partial charge in [0, 0.05) is 30.4 Å². The number of methoxy groups -OCH3 is 1. The van der Waals surface area contributed by atoms with E-state index in [1.54, 1.807) is 7.11 Å². The van der Waals surface area contributed by atoms with Crippen LogP contribution in [0.5, 0.6) is 5.75 Å². The van der Waals surface area contributed by atoms with E-state index in [9.17, 15) is 4.79 Å². The van der Waals surface area contributed by atoms with Crippen molar-refractivity contribution in [2.75, 3.05) is 38.3 Å². The van der Waals surface area contributed by atoms with E-state index in [1.807, 2.05) is 18.2 Å². The zero-order valence-electron chi connectivity index (χ0n) is 12.2. The Balaban J connectivity index is 1.98. The number of carbonyl (C=O) groups excluding carboxylic acids is 1. The minimum absolute atomic E-state index is 0.0948. The molecular formula is C14H17N5O3. The van der Waals surface area contributed by atoms with Crippen molar-refractivity contribution in [2.45, 2.75) is 0 Å². The quantitative estimate of drug-likeness (QED) is 0.847. The Morgan fingerprint density at radius 1 is 1.36 bits per heavy atom. The topological polar surface area (TPSA) is 106 Å². The Hall–Kier alpha value is -2.61. The smallest absolute Gasteiger partial charge is 0.271 e. The molecule has 22 heavy (non-hydrogen) atoms. The van der Waals surface area contributed by atoms with Crippen molar-refractivity contribution in [2.24, 2.45) is 5.73 Å². The molecule has 3 rings (SSSR count). The number of nitrogens with two attached hydrogens (primary N) is 1. The molecule has 1 saturated heterocycles. The van der Waals surface area contributed by atoms with E-state index in [2.05, 4.69) is 20.3 Å². The lowest BCUT2D eigenvalue weighted by atomic mass is 10.1. The highest BCUT2D eigenvalue weighted by atomic mass is 16.5. The number of hydrogen-bond donors (Lipinski definition) is 2. The maximum atomic E-state index is 11.4. The number of rotatable bonds is 4. The van der Waals surface area contributed by atoms with Crippen LogP contribution in [-0.2, 0) is 4.74 Å². The second-order valence-corrected chi connectivity index (χ2v) is 4.87. The predicted molar refractivity (Wildman–Crippen MR) is 79.9 cm³/mol. The van der Waals surface area contributed by atoms with E-state index in [4.69, 9.17) is 15.2 Å². The fraction of sp³-hybridized carbons (Fsp3) is 0.357. The molecule has 116 valence electrons. The fourth-order valence-corrected chi connectivity index (χ4v) is 2.48. The van der Waals surface area contributed by atoms with Crippen molar-refractivity contribution in [3.63, 3.8) is 0 Å². The van der Waals surface area contributed by atoms with Gasteiger partial charge in [0.1, 0.15) is 11.4 Å². The van der Waals surface area contributed by atoms with Crippen LogP contribution in [0, 0.1) is 0 Å². The van der Waals surface area contributed by atoms with Gasteiger partial charge in [-0.05, 0) is 12.1 Å². The van der Waals surface area contributed by atoms with Crippen LogP contribution in [0.1, 0.15) is 10.5 Å². The molecule has 1 aliphatic heterocycles. The number of aromatic amines is 1. The standard InChI is InChI=1S/C14H17N5O3/c1-21-11-8-9(19-4-6-22-7-5-19)2-3-10(11)12-13(14(15)20)17-18-16-12/h2-3,8H,4-7H2,1H3,(H2,15,20)(H,16,17,18). The lowest BCUT2D eigenvalue weighted by Gasteiger charge is -2.29. The molecule has 1 fully saturated rings. The molecule has 0 unspecified atom stereocenters. The first kappa shape index (κ1) is 14.3. The summed E-state index contributed by atoms with van der Waals surface area (Å²) in [7, 11) is 1.58. The van der Waals surface area contributed by atoms with Gasteiger partial charge >= 0.3 is 0 Å². The molecule has 0 atom stereocenters. The lowest BCUT2D eigenvalue weighted by molar-refractivity contribution is 0.0996. The molecule has 0 aliphatic carbocycles. The third-order valence-electron chi connectivity index (χ3n) is 3.60. The molecule has 8 nitrogen and oxygen atoms in total. The van der Waals surface area contributed by atoms with Crippen LogP contribution in [0.4, 0.5) is 5.69 Å². The monoisotopic (exact) mass is 303 g/mol. The van der Waals surface area contributed by atoms with Crippen LogP contribution in [0.25, 0.3) is 11.3 Å². The third-order valence-corrected chi connectivity index (χ3v) is 3.60. The molecule has 8 heteroatoms. The summed E-state index contributed by atoms with van der Waals surface area (Å²) in [5.74, 6) is -0.0246. The largest absolute Gasteiger partial charge is 0.496 e. The van der Waals surface area contributed by atoms with E-state index in [1.165, 1.54) is 0 Å². The number of carbonyl (C=O) groups is 1. The minimum atomic E-state index is -0.636. The number of anilines is 1. The number of benzene rings is 1. The van der Waals surface area contributed by atoms with Gasteiger partial charge in [0.05, 0.1) is 20.3 Å². The number of primary amides is 1. The van der Waals surface area contributed by atoms with Crippen LogP contribution in [-0.4, -0.2) is 54.7 Å². The Labute approximate surface area is 127 Å². The van der Waals surface area contributed by atoms with Crippen molar-refractivity contribution < 1.29 is 14.3 Å². The molecule has 2 aromatic rings. The Morgan fingerprint density at radius 3 is 2.82 bits per heavy atom. The van der Waals surface area contributed by atoms with Crippen LogP contribution >= 0.6 is 0 Å². The van der Waals surface area contributed by atoms with Crippen molar-refractivity contribution in [3.05, 3.63) is 23.9 Å². The number of hydrogen-bond acceptors (Lipinski definition) is 6. The van der Waals surface area contributed by atoms with Crippen LogP contribution < -0.4 is 15.4 Å². The van der Waals surface area contributed by atoms with E-state index in [-0.39, 0.29) is 5.69 Å². The number of H-pyrrole nitrogens is 1. The molecule has 0 saturated carbocycles. The summed E-state index contributed by atoms with van der Waals surface area (Å²) in [4.78, 5) is 13.6. The fourth-order valence-electron chi connectivity index (χ4n) is 2.48. The highest BCUT2D eigenvalue weighted by Crippen LogP contribution is 2.33. The first-order chi connectivity index (χ1) is 10.7. The van der Waals surface area contributed by atoms with Gasteiger partial charge in [-0.15, -0.1) is 0 Å². The first-order valence-corrected chi connectivity index (χ1v) is 6.92. The van der Waals surface area contributed by atoms with Gasteiger partial charge in [0.25, 0.3) is 5.91 Å². The lowest BCUT2D eigenvalue weighted by Crippen LogP contribution is -2.36. The van der Waals surface area contributed by atoms with Crippen LogP contribution in [0.15, 0.2) is 18.2 Å². The Bertz CT molecular complexity index is 679. The molecule has 2 heterocycles. The van der Waals surface area contributed by atoms with E-state index < -0.39 is 5.91 Å². The molecule has 1 aromatic carbocycles. The second kappa shape index (κ2) is 6.02. The summed E-state index contributed by atoms with van der Waals surface area (Å²) in [6.07, 6.45) is 0. The van der Waals surface area contributed by atoms with Crippen molar-refractivity contribution in [1.82, 2.24) is 15.4 Å². The molecule has 1 aromatic heterocycles. The zero-order chi connectivity index (χ0) is 15.5. The van der Waals surface area contributed by atoms with Gasteiger partial charge in [0.2, 0.25) is 0 Å². The first-order valence-electron chi connectivity index (χ1n) is 6.92. The van der Waals surface area contributed by atoms with Gasteiger partial charge in [-0.2, -0.15) is 15.4 Å².